The van der Waals surface area contributed by atoms with E-state index in [2.05, 4.69) is 38.1 Å². The van der Waals surface area contributed by atoms with Crippen LogP contribution in [0, 0.1) is 6.92 Å². The van der Waals surface area contributed by atoms with Crippen LogP contribution in [0.3, 0.4) is 0 Å². The Balaban J connectivity index is 1.46. The van der Waals surface area contributed by atoms with Gasteiger partial charge in [0.15, 0.2) is 5.82 Å². The van der Waals surface area contributed by atoms with E-state index in [9.17, 15) is 4.79 Å². The van der Waals surface area contributed by atoms with E-state index in [0.29, 0.717) is 6.42 Å². The van der Waals surface area contributed by atoms with Crippen LogP contribution < -0.4 is 0 Å². The summed E-state index contributed by atoms with van der Waals surface area (Å²) in [5.74, 6) is 1.06. The van der Waals surface area contributed by atoms with Gasteiger partial charge in [-0.1, -0.05) is 19.1 Å². The quantitative estimate of drug-likeness (QED) is 0.774. The summed E-state index contributed by atoms with van der Waals surface area (Å²) in [6, 6.07) is 10.4. The van der Waals surface area contributed by atoms with Gasteiger partial charge in [0, 0.05) is 45.3 Å². The summed E-state index contributed by atoms with van der Waals surface area (Å²) in [7, 11) is 0. The average Bonchev–Trinajstić information content (AvgIpc) is 3.12. The van der Waals surface area contributed by atoms with Gasteiger partial charge in [-0.2, -0.15) is 0 Å². The fraction of sp³-hybridized carbons (Fsp3) is 0.381. The normalized spacial score (nSPS) is 15.4. The van der Waals surface area contributed by atoms with Crippen LogP contribution in [0.25, 0.3) is 22.6 Å². The molecule has 0 unspecified atom stereocenters. The van der Waals surface area contributed by atoms with E-state index in [1.165, 1.54) is 5.56 Å². The number of pyridine rings is 1. The molecule has 1 aliphatic rings. The number of nitrogens with zero attached hydrogens (tertiary/aromatic N) is 4. The number of aryl methyl sites for hydroxylation is 1. The Hall–Kier alpha value is -2.73. The van der Waals surface area contributed by atoms with Crippen molar-refractivity contribution in [3.05, 3.63) is 47.7 Å². The zero-order valence-corrected chi connectivity index (χ0v) is 15.9. The SMILES string of the molecule is CCC(=O)N1CCN(Cc2ccc3nc(-c4ccc(C)cn4)[nH]c3c2)CC1. The summed E-state index contributed by atoms with van der Waals surface area (Å²) in [4.78, 5) is 28.7. The number of nitrogens with one attached hydrogen (secondary N) is 1. The molecule has 27 heavy (non-hydrogen) atoms. The lowest BCUT2D eigenvalue weighted by atomic mass is 10.1. The molecule has 0 spiro atoms. The van der Waals surface area contributed by atoms with E-state index in [1.54, 1.807) is 0 Å². The molecule has 140 valence electrons. The van der Waals surface area contributed by atoms with Crippen molar-refractivity contribution in [2.75, 3.05) is 26.2 Å². The van der Waals surface area contributed by atoms with Crippen LogP contribution in [0.15, 0.2) is 36.5 Å². The zero-order chi connectivity index (χ0) is 18.8. The van der Waals surface area contributed by atoms with Crippen molar-refractivity contribution in [3.63, 3.8) is 0 Å². The van der Waals surface area contributed by atoms with Crippen LogP contribution in [0.2, 0.25) is 0 Å². The van der Waals surface area contributed by atoms with Crippen molar-refractivity contribution in [3.8, 4) is 11.5 Å². The van der Waals surface area contributed by atoms with Crippen molar-refractivity contribution >= 4 is 16.9 Å². The van der Waals surface area contributed by atoms with Gasteiger partial charge < -0.3 is 9.88 Å². The van der Waals surface area contributed by atoms with Gasteiger partial charge in [-0.25, -0.2) is 4.98 Å². The minimum Gasteiger partial charge on any atom is -0.340 e. The summed E-state index contributed by atoms with van der Waals surface area (Å²) >= 11 is 0. The van der Waals surface area contributed by atoms with Crippen molar-refractivity contribution in [2.24, 2.45) is 0 Å². The Labute approximate surface area is 159 Å². The number of amides is 1. The molecular weight excluding hydrogens is 338 g/mol. The minimum atomic E-state index is 0.255. The number of carbonyl (C=O) groups is 1. The Morgan fingerprint density at radius 3 is 2.67 bits per heavy atom. The summed E-state index contributed by atoms with van der Waals surface area (Å²) < 4.78 is 0. The maximum Gasteiger partial charge on any atom is 0.222 e. The predicted molar refractivity (Wildman–Crippen MR) is 106 cm³/mol. The predicted octanol–water partition coefficient (Wildman–Crippen LogP) is 2.99. The van der Waals surface area contributed by atoms with Crippen LogP contribution in [0.4, 0.5) is 0 Å². The minimum absolute atomic E-state index is 0.255. The maximum atomic E-state index is 11.8. The van der Waals surface area contributed by atoms with Gasteiger partial charge in [-0.05, 0) is 36.2 Å². The van der Waals surface area contributed by atoms with E-state index < -0.39 is 0 Å². The number of hydrogen-bond donors (Lipinski definition) is 1. The summed E-state index contributed by atoms with van der Waals surface area (Å²) in [5, 5.41) is 0. The van der Waals surface area contributed by atoms with Crippen molar-refractivity contribution in [1.82, 2.24) is 24.8 Å². The summed E-state index contributed by atoms with van der Waals surface area (Å²) in [6.07, 6.45) is 2.45. The molecule has 1 saturated heterocycles. The molecule has 0 bridgehead atoms. The van der Waals surface area contributed by atoms with Crippen molar-refractivity contribution in [2.45, 2.75) is 26.8 Å². The highest BCUT2D eigenvalue weighted by Crippen LogP contribution is 2.21. The van der Waals surface area contributed by atoms with Crippen LogP contribution in [0.5, 0.6) is 0 Å². The molecule has 0 atom stereocenters. The molecule has 3 heterocycles. The first-order chi connectivity index (χ1) is 13.1. The van der Waals surface area contributed by atoms with Gasteiger partial charge >= 0.3 is 0 Å². The maximum absolute atomic E-state index is 11.8. The highest BCUT2D eigenvalue weighted by atomic mass is 16.2. The number of carbonyl (C=O) groups excluding carboxylic acids is 1. The second-order valence-electron chi connectivity index (χ2n) is 7.17. The number of fused-ring (bicyclic) bond motifs is 1. The van der Waals surface area contributed by atoms with Gasteiger partial charge in [0.2, 0.25) is 5.91 Å². The molecule has 0 saturated carbocycles. The lowest BCUT2D eigenvalue weighted by Crippen LogP contribution is -2.48. The highest BCUT2D eigenvalue weighted by molar-refractivity contribution is 5.79. The first kappa shape index (κ1) is 17.7. The molecule has 1 N–H and O–H groups in total. The second-order valence-corrected chi connectivity index (χ2v) is 7.17. The summed E-state index contributed by atoms with van der Waals surface area (Å²) in [6.45, 7) is 8.33. The van der Waals surface area contributed by atoms with Crippen molar-refractivity contribution in [1.29, 1.82) is 0 Å². The lowest BCUT2D eigenvalue weighted by Gasteiger charge is -2.34. The number of rotatable bonds is 4. The molecule has 1 amide bonds. The number of aromatic nitrogens is 3. The third-order valence-corrected chi connectivity index (χ3v) is 5.13. The average molecular weight is 363 g/mol. The summed E-state index contributed by atoms with van der Waals surface area (Å²) in [5.41, 5.74) is 5.23. The molecule has 4 rings (SSSR count). The van der Waals surface area contributed by atoms with Gasteiger partial charge in [0.1, 0.15) is 5.69 Å². The molecule has 0 radical (unpaired) electrons. The molecule has 1 aromatic carbocycles. The van der Waals surface area contributed by atoms with Crippen LogP contribution in [0.1, 0.15) is 24.5 Å². The first-order valence-corrected chi connectivity index (χ1v) is 9.54. The largest absolute Gasteiger partial charge is 0.340 e. The van der Waals surface area contributed by atoms with Gasteiger partial charge in [-0.3, -0.25) is 14.7 Å². The molecule has 2 aromatic heterocycles. The highest BCUT2D eigenvalue weighted by Gasteiger charge is 2.20. The van der Waals surface area contributed by atoms with E-state index in [4.69, 9.17) is 0 Å². The molecule has 6 nitrogen and oxygen atoms in total. The number of benzene rings is 1. The molecule has 1 fully saturated rings. The van der Waals surface area contributed by atoms with Gasteiger partial charge in [0.25, 0.3) is 0 Å². The molecule has 6 heteroatoms. The van der Waals surface area contributed by atoms with Crippen molar-refractivity contribution < 1.29 is 4.79 Å². The number of hydrogen-bond acceptors (Lipinski definition) is 4. The topological polar surface area (TPSA) is 65.1 Å². The fourth-order valence-corrected chi connectivity index (χ4v) is 3.52. The van der Waals surface area contributed by atoms with E-state index in [0.717, 1.165) is 60.8 Å². The molecule has 0 aliphatic carbocycles. The van der Waals surface area contributed by atoms with Gasteiger partial charge in [0.05, 0.1) is 11.0 Å². The third kappa shape index (κ3) is 3.85. The Morgan fingerprint density at radius 2 is 1.96 bits per heavy atom. The first-order valence-electron chi connectivity index (χ1n) is 9.54. The fourth-order valence-electron chi connectivity index (χ4n) is 3.52. The van der Waals surface area contributed by atoms with Gasteiger partial charge in [-0.15, -0.1) is 0 Å². The van der Waals surface area contributed by atoms with E-state index in [-0.39, 0.29) is 5.91 Å². The molecule has 3 aromatic rings. The number of H-pyrrole nitrogens is 1. The number of piperazine rings is 1. The Kier molecular flexibility index (Phi) is 4.90. The Morgan fingerprint density at radius 1 is 1.15 bits per heavy atom. The third-order valence-electron chi connectivity index (χ3n) is 5.13. The van der Waals surface area contributed by atoms with Crippen LogP contribution >= 0.6 is 0 Å². The second kappa shape index (κ2) is 7.48. The zero-order valence-electron chi connectivity index (χ0n) is 15.9. The van der Waals surface area contributed by atoms with E-state index in [1.807, 2.05) is 37.1 Å². The Bertz CT molecular complexity index is 939. The molecular formula is C21H25N5O. The lowest BCUT2D eigenvalue weighted by molar-refractivity contribution is -0.132. The van der Waals surface area contributed by atoms with E-state index >= 15 is 0 Å². The molecule has 1 aliphatic heterocycles. The van der Waals surface area contributed by atoms with Crippen LogP contribution in [-0.2, 0) is 11.3 Å². The van der Waals surface area contributed by atoms with Crippen LogP contribution in [-0.4, -0.2) is 56.8 Å². The smallest absolute Gasteiger partial charge is 0.222 e. The standard InChI is InChI=1S/C21H25N5O/c1-3-20(27)26-10-8-25(9-11-26)14-16-5-7-17-19(12-16)24-21(23-17)18-6-4-15(2)13-22-18/h4-7,12-13H,3,8-11,14H2,1-2H3,(H,23,24). The number of imidazole rings is 1. The number of aromatic amines is 1. The monoisotopic (exact) mass is 363 g/mol.